The molecule has 3 N–H and O–H groups in total. The number of carboxylic acids is 1. The van der Waals surface area contributed by atoms with E-state index < -0.39 is 18.0 Å². The molecule has 8 heteroatoms. The first-order valence-corrected chi connectivity index (χ1v) is 8.83. The first kappa shape index (κ1) is 17.7. The number of nitrogens with one attached hydrogen (secondary N) is 3. The molecule has 28 heavy (non-hydrogen) atoms. The quantitative estimate of drug-likeness (QED) is 0.619. The molecule has 2 heterocycles. The number of aromatic nitrogens is 1. The lowest BCUT2D eigenvalue weighted by Crippen LogP contribution is -2.50. The van der Waals surface area contributed by atoms with Crippen molar-refractivity contribution in [2.75, 3.05) is 18.5 Å². The zero-order valence-corrected chi connectivity index (χ0v) is 14.9. The maximum Gasteiger partial charge on any atom is 0.319 e. The van der Waals surface area contributed by atoms with Crippen molar-refractivity contribution in [3.63, 3.8) is 0 Å². The van der Waals surface area contributed by atoms with Crippen molar-refractivity contribution in [1.29, 1.82) is 0 Å². The van der Waals surface area contributed by atoms with E-state index in [4.69, 9.17) is 9.47 Å². The number of carboxylic acid groups (broad SMARTS) is 1. The lowest BCUT2D eigenvalue weighted by molar-refractivity contribution is -0.308. The molecule has 0 bridgehead atoms. The second-order valence-electron chi connectivity index (χ2n) is 6.39. The smallest absolute Gasteiger partial charge is 0.319 e. The van der Waals surface area contributed by atoms with E-state index in [1.165, 1.54) is 0 Å². The van der Waals surface area contributed by atoms with Crippen LogP contribution >= 0.6 is 0 Å². The van der Waals surface area contributed by atoms with Gasteiger partial charge in [0.2, 0.25) is 0 Å². The van der Waals surface area contributed by atoms with Gasteiger partial charge in [-0.05, 0) is 23.8 Å². The molecule has 1 aliphatic rings. The highest BCUT2D eigenvalue weighted by atomic mass is 16.6. The van der Waals surface area contributed by atoms with Crippen LogP contribution in [-0.4, -0.2) is 36.2 Å². The van der Waals surface area contributed by atoms with E-state index in [0.717, 1.165) is 16.5 Å². The first-order valence-electron chi connectivity index (χ1n) is 8.83. The average Bonchev–Trinajstić information content (AvgIpc) is 3.10. The van der Waals surface area contributed by atoms with Gasteiger partial charge in [-0.3, -0.25) is 0 Å². The lowest BCUT2D eigenvalue weighted by Gasteiger charge is -2.21. The number of carbonyl (C=O) groups is 2. The molecule has 1 aliphatic heterocycles. The highest BCUT2D eigenvalue weighted by Gasteiger charge is 2.18. The van der Waals surface area contributed by atoms with Crippen LogP contribution in [0.4, 0.5) is 10.5 Å². The zero-order chi connectivity index (χ0) is 19.5. The Bertz CT molecular complexity index is 1030. The summed E-state index contributed by atoms with van der Waals surface area (Å²) < 4.78 is 10.9. The normalized spacial score (nSPS) is 13.7. The summed E-state index contributed by atoms with van der Waals surface area (Å²) in [6, 6.07) is 10.7. The lowest BCUT2D eigenvalue weighted by atomic mass is 10.1. The summed E-state index contributed by atoms with van der Waals surface area (Å²) in [5.74, 6) is -0.231. The van der Waals surface area contributed by atoms with Crippen molar-refractivity contribution >= 4 is 28.6 Å². The van der Waals surface area contributed by atoms with Crippen molar-refractivity contribution in [2.24, 2.45) is 0 Å². The van der Waals surface area contributed by atoms with Gasteiger partial charge in [-0.1, -0.05) is 18.2 Å². The molecule has 8 nitrogen and oxygen atoms in total. The first-order chi connectivity index (χ1) is 13.6. The van der Waals surface area contributed by atoms with E-state index in [2.05, 4.69) is 15.6 Å². The number of benzene rings is 2. The number of ether oxygens (including phenoxy) is 2. The van der Waals surface area contributed by atoms with Crippen LogP contribution in [0.15, 0.2) is 48.7 Å². The third kappa shape index (κ3) is 3.71. The van der Waals surface area contributed by atoms with E-state index >= 15 is 0 Å². The molecule has 0 saturated carbocycles. The van der Waals surface area contributed by atoms with Crippen LogP contribution in [0.3, 0.4) is 0 Å². The van der Waals surface area contributed by atoms with E-state index in [0.29, 0.717) is 30.4 Å². The summed E-state index contributed by atoms with van der Waals surface area (Å²) in [4.78, 5) is 26.9. The summed E-state index contributed by atoms with van der Waals surface area (Å²) in [5.41, 5.74) is 2.14. The molecule has 1 aromatic heterocycles. The van der Waals surface area contributed by atoms with Crippen molar-refractivity contribution < 1.29 is 24.2 Å². The molecule has 0 spiro atoms. The molecular formula is C20H18N3O5-. The SMILES string of the molecule is O=C(Nc1ccc2c(c1)OCCO2)N[C@@H](Cc1c[nH]c2ccccc12)C(=O)[O-]. The van der Waals surface area contributed by atoms with Crippen LogP contribution in [0.2, 0.25) is 0 Å². The van der Waals surface area contributed by atoms with Gasteiger partial charge in [0.05, 0.1) is 12.0 Å². The number of anilines is 1. The van der Waals surface area contributed by atoms with E-state index in [-0.39, 0.29) is 6.42 Å². The second kappa shape index (κ2) is 7.51. The highest BCUT2D eigenvalue weighted by molar-refractivity contribution is 5.92. The Hall–Kier alpha value is -3.68. The number of H-pyrrole nitrogens is 1. The molecule has 0 unspecified atom stereocenters. The van der Waals surface area contributed by atoms with Crippen LogP contribution in [0.25, 0.3) is 10.9 Å². The molecule has 0 saturated heterocycles. The second-order valence-corrected chi connectivity index (χ2v) is 6.39. The van der Waals surface area contributed by atoms with Gasteiger partial charge < -0.3 is 35.0 Å². The number of rotatable bonds is 5. The molecule has 0 radical (unpaired) electrons. The maximum absolute atomic E-state index is 12.3. The highest BCUT2D eigenvalue weighted by Crippen LogP contribution is 2.32. The number of hydrogen-bond acceptors (Lipinski definition) is 5. The molecular weight excluding hydrogens is 362 g/mol. The van der Waals surface area contributed by atoms with E-state index in [9.17, 15) is 14.7 Å². The van der Waals surface area contributed by atoms with Gasteiger partial charge in [-0.15, -0.1) is 0 Å². The van der Waals surface area contributed by atoms with E-state index in [1.54, 1.807) is 24.4 Å². The standard InChI is InChI=1S/C20H19N3O5/c24-19(25)16(9-12-11-21-15-4-2-1-3-14(12)15)23-20(26)22-13-5-6-17-18(10-13)28-8-7-27-17/h1-6,10-11,16,21H,7-9H2,(H,24,25)(H2,22,23,26)/p-1/t16-/m0/s1. The summed E-state index contributed by atoms with van der Waals surface area (Å²) in [6.45, 7) is 0.904. The minimum atomic E-state index is -1.36. The fourth-order valence-electron chi connectivity index (χ4n) is 3.16. The number of urea groups is 1. The minimum Gasteiger partial charge on any atom is -0.548 e. The summed E-state index contributed by atoms with van der Waals surface area (Å²) >= 11 is 0. The van der Waals surface area contributed by atoms with Crippen LogP contribution in [0.1, 0.15) is 5.56 Å². The van der Waals surface area contributed by atoms with Crippen LogP contribution < -0.4 is 25.2 Å². The topological polar surface area (TPSA) is 116 Å². The minimum absolute atomic E-state index is 0.0981. The Morgan fingerprint density at radius 1 is 1.11 bits per heavy atom. The van der Waals surface area contributed by atoms with Crippen molar-refractivity contribution in [3.8, 4) is 11.5 Å². The van der Waals surface area contributed by atoms with Gasteiger partial charge in [0.15, 0.2) is 11.5 Å². The fourth-order valence-corrected chi connectivity index (χ4v) is 3.16. The van der Waals surface area contributed by atoms with Gasteiger partial charge in [0.1, 0.15) is 13.2 Å². The van der Waals surface area contributed by atoms with Gasteiger partial charge in [0.25, 0.3) is 0 Å². The van der Waals surface area contributed by atoms with Crippen LogP contribution in [0, 0.1) is 0 Å². The predicted octanol–water partition coefficient (Wildman–Crippen LogP) is 1.42. The molecule has 0 aliphatic carbocycles. The van der Waals surface area contributed by atoms with Gasteiger partial charge in [-0.2, -0.15) is 0 Å². The Labute approximate surface area is 160 Å². The molecule has 3 aromatic rings. The van der Waals surface area contributed by atoms with Crippen LogP contribution in [0.5, 0.6) is 11.5 Å². The number of hydrogen-bond donors (Lipinski definition) is 3. The van der Waals surface area contributed by atoms with Gasteiger partial charge in [0, 0.05) is 35.3 Å². The van der Waals surface area contributed by atoms with Gasteiger partial charge >= 0.3 is 6.03 Å². The van der Waals surface area contributed by atoms with Crippen LogP contribution in [-0.2, 0) is 11.2 Å². The number of aliphatic carboxylic acids is 1. The van der Waals surface area contributed by atoms with Gasteiger partial charge in [-0.25, -0.2) is 4.79 Å². The Balaban J connectivity index is 1.44. The molecule has 144 valence electrons. The van der Waals surface area contributed by atoms with E-state index in [1.807, 2.05) is 24.3 Å². The molecule has 0 fully saturated rings. The number of para-hydroxylation sites is 1. The molecule has 4 rings (SSSR count). The third-order valence-corrected chi connectivity index (χ3v) is 4.49. The Morgan fingerprint density at radius 2 is 1.89 bits per heavy atom. The molecule has 2 aromatic carbocycles. The largest absolute Gasteiger partial charge is 0.548 e. The zero-order valence-electron chi connectivity index (χ0n) is 14.9. The third-order valence-electron chi connectivity index (χ3n) is 4.49. The molecule has 1 atom stereocenters. The number of amides is 2. The Morgan fingerprint density at radius 3 is 2.71 bits per heavy atom. The summed E-state index contributed by atoms with van der Waals surface area (Å²) in [6.07, 6.45) is 1.84. The van der Waals surface area contributed by atoms with Crippen molar-refractivity contribution in [3.05, 3.63) is 54.2 Å². The maximum atomic E-state index is 12.3. The Kier molecular flexibility index (Phi) is 4.76. The average molecular weight is 380 g/mol. The predicted molar refractivity (Wildman–Crippen MR) is 100 cm³/mol. The molecule has 2 amide bonds. The number of carbonyl (C=O) groups excluding carboxylic acids is 2. The summed E-state index contributed by atoms with van der Waals surface area (Å²) in [5, 5.41) is 17.5. The fraction of sp³-hybridized carbons (Fsp3) is 0.200. The number of aromatic amines is 1. The number of fused-ring (bicyclic) bond motifs is 2. The van der Waals surface area contributed by atoms with Crippen molar-refractivity contribution in [1.82, 2.24) is 10.3 Å². The van der Waals surface area contributed by atoms with Crippen molar-refractivity contribution in [2.45, 2.75) is 12.5 Å². The monoisotopic (exact) mass is 380 g/mol. The summed E-state index contributed by atoms with van der Waals surface area (Å²) in [7, 11) is 0.